The maximum absolute atomic E-state index is 10.3. The lowest BCUT2D eigenvalue weighted by Gasteiger charge is -2.29. The van der Waals surface area contributed by atoms with Crippen molar-refractivity contribution in [3.8, 4) is 23.0 Å². The minimum atomic E-state index is 0.178. The molecule has 0 fully saturated rings. The molecule has 2 N–H and O–H groups in total. The first-order valence-electron chi connectivity index (χ1n) is 7.57. The first kappa shape index (κ1) is 15.5. The molecule has 2 aromatic carbocycles. The van der Waals surface area contributed by atoms with Crippen LogP contribution >= 0.6 is 0 Å². The van der Waals surface area contributed by atoms with E-state index in [1.165, 1.54) is 11.1 Å². The van der Waals surface area contributed by atoms with E-state index in [2.05, 4.69) is 4.90 Å². The molecule has 122 valence electrons. The van der Waals surface area contributed by atoms with Crippen molar-refractivity contribution < 1.29 is 19.7 Å². The molecule has 1 aliphatic rings. The molecule has 0 saturated heterocycles. The van der Waals surface area contributed by atoms with Gasteiger partial charge in [-0.25, -0.2) is 0 Å². The van der Waals surface area contributed by atoms with E-state index < -0.39 is 0 Å². The van der Waals surface area contributed by atoms with Crippen LogP contribution in [0.5, 0.6) is 23.0 Å². The van der Waals surface area contributed by atoms with E-state index in [4.69, 9.17) is 9.47 Å². The third-order valence-electron chi connectivity index (χ3n) is 4.28. The Hall–Kier alpha value is -2.40. The summed E-state index contributed by atoms with van der Waals surface area (Å²) in [6.07, 6.45) is 0.878. The van der Waals surface area contributed by atoms with E-state index in [-0.39, 0.29) is 5.75 Å². The molecule has 0 spiro atoms. The average Bonchev–Trinajstić information content (AvgIpc) is 2.56. The van der Waals surface area contributed by atoms with Gasteiger partial charge in [-0.1, -0.05) is 6.07 Å². The van der Waals surface area contributed by atoms with Gasteiger partial charge in [-0.05, 0) is 29.7 Å². The van der Waals surface area contributed by atoms with Gasteiger partial charge in [0.25, 0.3) is 0 Å². The molecule has 0 bridgehead atoms. The molecule has 1 aliphatic heterocycles. The highest BCUT2D eigenvalue weighted by atomic mass is 16.5. The fourth-order valence-electron chi connectivity index (χ4n) is 3.02. The van der Waals surface area contributed by atoms with Crippen molar-refractivity contribution >= 4 is 0 Å². The number of hydrogen-bond acceptors (Lipinski definition) is 5. The van der Waals surface area contributed by atoms with Crippen LogP contribution in [0.25, 0.3) is 0 Å². The fraction of sp³-hybridized carbons (Fsp3) is 0.333. The SMILES string of the molecule is COc1cc(O)c(CN2CCc3cc(O)ccc3C2)c(OC)c1. The van der Waals surface area contributed by atoms with E-state index >= 15 is 0 Å². The van der Waals surface area contributed by atoms with E-state index in [9.17, 15) is 10.2 Å². The zero-order chi connectivity index (χ0) is 16.4. The summed E-state index contributed by atoms with van der Waals surface area (Å²) in [5.41, 5.74) is 3.16. The number of phenols is 2. The van der Waals surface area contributed by atoms with Crippen molar-refractivity contribution in [1.29, 1.82) is 0 Å². The lowest BCUT2D eigenvalue weighted by molar-refractivity contribution is 0.237. The van der Waals surface area contributed by atoms with Crippen LogP contribution in [0.15, 0.2) is 30.3 Å². The van der Waals surface area contributed by atoms with Gasteiger partial charge in [-0.2, -0.15) is 0 Å². The quantitative estimate of drug-likeness (QED) is 0.908. The number of nitrogens with zero attached hydrogens (tertiary/aromatic N) is 1. The number of methoxy groups -OCH3 is 2. The number of rotatable bonds is 4. The largest absolute Gasteiger partial charge is 0.508 e. The van der Waals surface area contributed by atoms with Gasteiger partial charge in [0.1, 0.15) is 23.0 Å². The van der Waals surface area contributed by atoms with Crippen molar-refractivity contribution in [2.24, 2.45) is 0 Å². The molecule has 0 radical (unpaired) electrons. The van der Waals surface area contributed by atoms with Gasteiger partial charge in [0.15, 0.2) is 0 Å². The highest BCUT2D eigenvalue weighted by molar-refractivity contribution is 5.50. The Morgan fingerprint density at radius 2 is 1.87 bits per heavy atom. The van der Waals surface area contributed by atoms with Crippen LogP contribution in [0.3, 0.4) is 0 Å². The summed E-state index contributed by atoms with van der Waals surface area (Å²) in [5.74, 6) is 1.69. The molecule has 0 amide bonds. The van der Waals surface area contributed by atoms with Crippen LogP contribution in [-0.4, -0.2) is 35.9 Å². The van der Waals surface area contributed by atoms with E-state index in [1.54, 1.807) is 32.4 Å². The number of ether oxygens (including phenoxy) is 2. The second kappa shape index (κ2) is 6.38. The summed E-state index contributed by atoms with van der Waals surface area (Å²) in [4.78, 5) is 2.25. The summed E-state index contributed by atoms with van der Waals surface area (Å²) in [7, 11) is 3.15. The standard InChI is InChI=1S/C18H21NO4/c1-22-15-8-17(21)16(18(9-15)23-2)11-19-6-5-12-7-14(20)4-3-13(12)10-19/h3-4,7-9,20-21H,5-6,10-11H2,1-2H3. The molecule has 0 aliphatic carbocycles. The Morgan fingerprint density at radius 3 is 2.61 bits per heavy atom. The highest BCUT2D eigenvalue weighted by Crippen LogP contribution is 2.35. The smallest absolute Gasteiger partial charge is 0.130 e. The highest BCUT2D eigenvalue weighted by Gasteiger charge is 2.20. The predicted octanol–water partition coefficient (Wildman–Crippen LogP) is 2.67. The molecular formula is C18H21NO4. The van der Waals surface area contributed by atoms with Crippen LogP contribution < -0.4 is 9.47 Å². The number of fused-ring (bicyclic) bond motifs is 1. The monoisotopic (exact) mass is 315 g/mol. The molecule has 23 heavy (non-hydrogen) atoms. The molecule has 0 unspecified atom stereocenters. The maximum Gasteiger partial charge on any atom is 0.130 e. The van der Waals surface area contributed by atoms with Gasteiger partial charge in [0.2, 0.25) is 0 Å². The Kier molecular flexibility index (Phi) is 4.30. The molecule has 2 aromatic rings. The van der Waals surface area contributed by atoms with Crippen molar-refractivity contribution in [3.05, 3.63) is 47.0 Å². The van der Waals surface area contributed by atoms with Gasteiger partial charge in [0.05, 0.1) is 19.8 Å². The normalized spacial score (nSPS) is 14.3. The molecule has 1 heterocycles. The van der Waals surface area contributed by atoms with Crippen molar-refractivity contribution in [2.45, 2.75) is 19.5 Å². The van der Waals surface area contributed by atoms with E-state index in [1.807, 2.05) is 12.1 Å². The zero-order valence-electron chi connectivity index (χ0n) is 13.4. The van der Waals surface area contributed by atoms with Crippen molar-refractivity contribution in [2.75, 3.05) is 20.8 Å². The number of benzene rings is 2. The minimum Gasteiger partial charge on any atom is -0.508 e. The Bertz CT molecular complexity index is 714. The molecule has 3 rings (SSSR count). The number of aromatic hydroxyl groups is 2. The Balaban J connectivity index is 1.82. The topological polar surface area (TPSA) is 62.2 Å². The van der Waals surface area contributed by atoms with Crippen LogP contribution in [0, 0.1) is 0 Å². The molecule has 5 nitrogen and oxygen atoms in total. The summed E-state index contributed by atoms with van der Waals surface area (Å²) in [5, 5.41) is 19.8. The third kappa shape index (κ3) is 3.19. The molecule has 0 aromatic heterocycles. The number of phenolic OH excluding ortho intramolecular Hbond substituents is 2. The van der Waals surface area contributed by atoms with E-state index in [0.29, 0.717) is 23.8 Å². The molecule has 0 atom stereocenters. The minimum absolute atomic E-state index is 0.178. The third-order valence-corrected chi connectivity index (χ3v) is 4.28. The summed E-state index contributed by atoms with van der Waals surface area (Å²) >= 11 is 0. The summed E-state index contributed by atoms with van der Waals surface area (Å²) in [6.45, 7) is 2.24. The van der Waals surface area contributed by atoms with Crippen LogP contribution in [-0.2, 0) is 19.5 Å². The molecule has 0 saturated carbocycles. The lowest BCUT2D eigenvalue weighted by atomic mass is 9.99. The van der Waals surface area contributed by atoms with Crippen LogP contribution in [0.4, 0.5) is 0 Å². The summed E-state index contributed by atoms with van der Waals surface area (Å²) in [6, 6.07) is 8.90. The second-order valence-electron chi connectivity index (χ2n) is 5.74. The lowest BCUT2D eigenvalue weighted by Crippen LogP contribution is -2.30. The fourth-order valence-corrected chi connectivity index (χ4v) is 3.02. The van der Waals surface area contributed by atoms with Crippen LogP contribution in [0.1, 0.15) is 16.7 Å². The van der Waals surface area contributed by atoms with Gasteiger partial charge < -0.3 is 19.7 Å². The first-order chi connectivity index (χ1) is 11.1. The van der Waals surface area contributed by atoms with Gasteiger partial charge in [0, 0.05) is 31.8 Å². The van der Waals surface area contributed by atoms with Gasteiger partial charge >= 0.3 is 0 Å². The average molecular weight is 315 g/mol. The van der Waals surface area contributed by atoms with Crippen molar-refractivity contribution in [3.63, 3.8) is 0 Å². The molecular weight excluding hydrogens is 294 g/mol. The Morgan fingerprint density at radius 1 is 1.04 bits per heavy atom. The van der Waals surface area contributed by atoms with Crippen molar-refractivity contribution in [1.82, 2.24) is 4.90 Å². The predicted molar refractivity (Wildman–Crippen MR) is 87.1 cm³/mol. The first-order valence-corrected chi connectivity index (χ1v) is 7.57. The zero-order valence-corrected chi connectivity index (χ0v) is 13.4. The van der Waals surface area contributed by atoms with Gasteiger partial charge in [-0.3, -0.25) is 4.90 Å². The summed E-state index contributed by atoms with van der Waals surface area (Å²) < 4.78 is 10.6. The maximum atomic E-state index is 10.3. The molecule has 5 heteroatoms. The Labute approximate surface area is 135 Å². The number of hydrogen-bond donors (Lipinski definition) is 2. The second-order valence-corrected chi connectivity index (χ2v) is 5.74. The van der Waals surface area contributed by atoms with Crippen LogP contribution in [0.2, 0.25) is 0 Å². The van der Waals surface area contributed by atoms with E-state index in [0.717, 1.165) is 25.1 Å². The van der Waals surface area contributed by atoms with Gasteiger partial charge in [-0.15, -0.1) is 0 Å².